The molecule has 0 radical (unpaired) electrons. The number of allylic oxidation sites excluding steroid dienone is 4. The van der Waals surface area contributed by atoms with Crippen molar-refractivity contribution in [3.05, 3.63) is 24.3 Å². The van der Waals surface area contributed by atoms with Gasteiger partial charge in [-0.2, -0.15) is 0 Å². The molecule has 0 amide bonds. The van der Waals surface area contributed by atoms with E-state index >= 15 is 0 Å². The van der Waals surface area contributed by atoms with Gasteiger partial charge in [0, 0.05) is 19.3 Å². The van der Waals surface area contributed by atoms with Crippen molar-refractivity contribution >= 4 is 17.9 Å². The van der Waals surface area contributed by atoms with Gasteiger partial charge in [0.25, 0.3) is 0 Å². The van der Waals surface area contributed by atoms with E-state index in [2.05, 4.69) is 45.1 Å². The molecule has 0 aliphatic carbocycles. The molecule has 0 rings (SSSR count). The molecule has 0 aromatic heterocycles. The summed E-state index contributed by atoms with van der Waals surface area (Å²) >= 11 is 0. The minimum atomic E-state index is -0.428. The number of rotatable bonds is 40. The van der Waals surface area contributed by atoms with Crippen molar-refractivity contribution in [3.8, 4) is 0 Å². The van der Waals surface area contributed by atoms with E-state index in [4.69, 9.17) is 14.2 Å². The Kier molecular flexibility index (Phi) is 39.4. The number of esters is 3. The summed E-state index contributed by atoms with van der Waals surface area (Å²) in [7, 11) is 0. The number of aliphatic hydroxyl groups excluding tert-OH is 1. The monoisotopic (exact) mass is 749 g/mol. The molecule has 7 nitrogen and oxygen atoms in total. The van der Waals surface area contributed by atoms with E-state index in [1.165, 1.54) is 96.3 Å². The van der Waals surface area contributed by atoms with Crippen molar-refractivity contribution in [2.24, 2.45) is 5.92 Å². The Morgan fingerprint density at radius 3 is 1.34 bits per heavy atom. The smallest absolute Gasteiger partial charge is 0.306 e. The first-order valence-electron chi connectivity index (χ1n) is 22.4. The standard InChI is InChI=1S/C46H84O7/c1-4-7-10-13-16-17-18-19-20-21-22-23-24-27-31-36-44(48)51-40-42(39-47)41-52-45(49)37-32-28-33-38-46(50)53-43(34-29-25-14-11-8-5-2)35-30-26-15-12-9-6-3/h16-17,19-20,42-43,47H,4-15,18,21-41H2,1-3H3/b17-16-,20-19-. The Hall–Kier alpha value is -2.15. The van der Waals surface area contributed by atoms with Crippen LogP contribution in [-0.4, -0.2) is 48.9 Å². The second-order valence-electron chi connectivity index (χ2n) is 15.2. The number of hydrogen-bond donors (Lipinski definition) is 1. The van der Waals surface area contributed by atoms with Crippen LogP contribution in [0.2, 0.25) is 0 Å². The molecule has 0 fully saturated rings. The van der Waals surface area contributed by atoms with Crippen molar-refractivity contribution in [1.82, 2.24) is 0 Å². The van der Waals surface area contributed by atoms with Crippen LogP contribution < -0.4 is 0 Å². The Morgan fingerprint density at radius 1 is 0.472 bits per heavy atom. The van der Waals surface area contributed by atoms with E-state index in [9.17, 15) is 19.5 Å². The molecule has 1 N–H and O–H groups in total. The Balaban J connectivity index is 4.00. The largest absolute Gasteiger partial charge is 0.465 e. The molecule has 7 heteroatoms. The first-order chi connectivity index (χ1) is 26.0. The quantitative estimate of drug-likeness (QED) is 0.0288. The van der Waals surface area contributed by atoms with Crippen LogP contribution in [-0.2, 0) is 28.6 Å². The average molecular weight is 749 g/mol. The summed E-state index contributed by atoms with van der Waals surface area (Å²) in [5.41, 5.74) is 0. The molecule has 0 aliphatic heterocycles. The normalized spacial score (nSPS) is 12.2. The van der Waals surface area contributed by atoms with Crippen LogP contribution in [0.3, 0.4) is 0 Å². The Bertz CT molecular complexity index is 867. The van der Waals surface area contributed by atoms with Crippen LogP contribution in [0.1, 0.15) is 220 Å². The number of carbonyl (C=O) groups excluding carboxylic acids is 3. The third kappa shape index (κ3) is 37.9. The molecule has 0 spiro atoms. The van der Waals surface area contributed by atoms with Crippen LogP contribution in [0.5, 0.6) is 0 Å². The zero-order valence-corrected chi connectivity index (χ0v) is 34.9. The van der Waals surface area contributed by atoms with E-state index in [1.807, 2.05) is 0 Å². The lowest BCUT2D eigenvalue weighted by atomic mass is 10.0. The van der Waals surface area contributed by atoms with E-state index < -0.39 is 5.92 Å². The summed E-state index contributed by atoms with van der Waals surface area (Å²) in [6.45, 7) is 6.55. The number of carbonyl (C=O) groups is 3. The molecule has 0 aromatic carbocycles. The summed E-state index contributed by atoms with van der Waals surface area (Å²) in [5.74, 6) is -1.15. The van der Waals surface area contributed by atoms with Crippen molar-refractivity contribution in [2.75, 3.05) is 19.8 Å². The van der Waals surface area contributed by atoms with Gasteiger partial charge in [-0.1, -0.05) is 148 Å². The van der Waals surface area contributed by atoms with Crippen LogP contribution in [0.15, 0.2) is 24.3 Å². The maximum absolute atomic E-state index is 12.6. The number of unbranched alkanes of at least 4 members (excludes halogenated alkanes) is 20. The Labute approximate surface area is 326 Å². The van der Waals surface area contributed by atoms with Crippen LogP contribution in [0.4, 0.5) is 0 Å². The highest BCUT2D eigenvalue weighted by Crippen LogP contribution is 2.18. The molecular weight excluding hydrogens is 664 g/mol. The van der Waals surface area contributed by atoms with Gasteiger partial charge >= 0.3 is 17.9 Å². The second kappa shape index (κ2) is 41.0. The van der Waals surface area contributed by atoms with Crippen molar-refractivity contribution in [1.29, 1.82) is 0 Å². The fourth-order valence-corrected chi connectivity index (χ4v) is 6.33. The minimum Gasteiger partial charge on any atom is -0.465 e. The van der Waals surface area contributed by atoms with E-state index in [0.717, 1.165) is 70.6 Å². The highest BCUT2D eigenvalue weighted by atomic mass is 16.6. The summed E-state index contributed by atoms with van der Waals surface area (Å²) in [6.07, 6.45) is 41.4. The van der Waals surface area contributed by atoms with Gasteiger partial charge in [0.2, 0.25) is 0 Å². The fraction of sp³-hybridized carbons (Fsp3) is 0.848. The second-order valence-corrected chi connectivity index (χ2v) is 15.2. The van der Waals surface area contributed by atoms with Crippen LogP contribution >= 0.6 is 0 Å². The lowest BCUT2D eigenvalue weighted by Crippen LogP contribution is -2.23. The molecule has 1 atom stereocenters. The van der Waals surface area contributed by atoms with Gasteiger partial charge in [0.05, 0.1) is 25.7 Å². The van der Waals surface area contributed by atoms with Gasteiger partial charge in [-0.05, 0) is 77.0 Å². The lowest BCUT2D eigenvalue weighted by Gasteiger charge is -2.18. The van der Waals surface area contributed by atoms with Crippen molar-refractivity contribution < 1.29 is 33.7 Å². The number of ether oxygens (including phenoxy) is 3. The number of aliphatic hydroxyl groups is 1. The molecule has 0 aliphatic rings. The van der Waals surface area contributed by atoms with Gasteiger partial charge < -0.3 is 19.3 Å². The van der Waals surface area contributed by atoms with Gasteiger partial charge in [-0.15, -0.1) is 0 Å². The topological polar surface area (TPSA) is 99.1 Å². The molecule has 310 valence electrons. The molecular formula is C46H84O7. The minimum absolute atomic E-state index is 0.0250. The lowest BCUT2D eigenvalue weighted by molar-refractivity contribution is -0.151. The molecule has 0 saturated heterocycles. The SMILES string of the molecule is CCCCC/C=C\C/C=C\CCCCCCCC(=O)OCC(CO)COC(=O)CCCCCC(=O)OC(CCCCCCCC)CCCCCCCC. The predicted octanol–water partition coefficient (Wildman–Crippen LogP) is 12.9. The first-order valence-corrected chi connectivity index (χ1v) is 22.4. The molecule has 0 bridgehead atoms. The zero-order valence-electron chi connectivity index (χ0n) is 34.9. The molecule has 0 saturated carbocycles. The molecule has 1 unspecified atom stereocenters. The highest BCUT2D eigenvalue weighted by Gasteiger charge is 2.16. The van der Waals surface area contributed by atoms with Gasteiger partial charge in [-0.25, -0.2) is 0 Å². The molecule has 0 aromatic rings. The average Bonchev–Trinajstić information content (AvgIpc) is 3.15. The maximum atomic E-state index is 12.6. The number of hydrogen-bond acceptors (Lipinski definition) is 7. The third-order valence-corrected chi connectivity index (χ3v) is 9.87. The molecule has 53 heavy (non-hydrogen) atoms. The van der Waals surface area contributed by atoms with Crippen molar-refractivity contribution in [2.45, 2.75) is 226 Å². The Morgan fingerprint density at radius 2 is 0.849 bits per heavy atom. The highest BCUT2D eigenvalue weighted by molar-refractivity contribution is 5.70. The third-order valence-electron chi connectivity index (χ3n) is 9.87. The summed E-state index contributed by atoms with van der Waals surface area (Å²) < 4.78 is 16.6. The van der Waals surface area contributed by atoms with Crippen LogP contribution in [0.25, 0.3) is 0 Å². The van der Waals surface area contributed by atoms with Gasteiger partial charge in [-0.3, -0.25) is 14.4 Å². The van der Waals surface area contributed by atoms with E-state index in [1.54, 1.807) is 0 Å². The van der Waals surface area contributed by atoms with Crippen LogP contribution in [0, 0.1) is 5.92 Å². The molecule has 0 heterocycles. The zero-order chi connectivity index (χ0) is 38.9. The summed E-state index contributed by atoms with van der Waals surface area (Å²) in [6, 6.07) is 0. The van der Waals surface area contributed by atoms with Gasteiger partial charge in [0.15, 0.2) is 0 Å². The maximum Gasteiger partial charge on any atom is 0.306 e. The predicted molar refractivity (Wildman–Crippen MR) is 221 cm³/mol. The van der Waals surface area contributed by atoms with Crippen molar-refractivity contribution in [3.63, 3.8) is 0 Å². The van der Waals surface area contributed by atoms with E-state index in [0.29, 0.717) is 25.7 Å². The van der Waals surface area contributed by atoms with E-state index in [-0.39, 0.29) is 50.3 Å². The fourth-order valence-electron chi connectivity index (χ4n) is 6.33. The summed E-state index contributed by atoms with van der Waals surface area (Å²) in [5, 5.41) is 9.68. The first kappa shape index (κ1) is 50.9. The summed E-state index contributed by atoms with van der Waals surface area (Å²) in [4.78, 5) is 37.1. The van der Waals surface area contributed by atoms with Gasteiger partial charge in [0.1, 0.15) is 6.10 Å².